The quantitative estimate of drug-likeness (QED) is 0.810. The number of carboxylic acids is 1. The summed E-state index contributed by atoms with van der Waals surface area (Å²) < 4.78 is 2.15. The van der Waals surface area contributed by atoms with Gasteiger partial charge in [0.2, 0.25) is 0 Å². The molecule has 1 N–H and O–H groups in total. The predicted octanol–water partition coefficient (Wildman–Crippen LogP) is 1.91. The fourth-order valence-corrected chi connectivity index (χ4v) is 2.59. The third-order valence-electron chi connectivity index (χ3n) is 3.49. The topological polar surface area (TPSA) is 55.1 Å². The van der Waals surface area contributed by atoms with Crippen LogP contribution in [0.2, 0.25) is 0 Å². The Labute approximate surface area is 102 Å². The van der Waals surface area contributed by atoms with Crippen molar-refractivity contribution in [3.63, 3.8) is 0 Å². The lowest BCUT2D eigenvalue weighted by atomic mass is 9.90. The van der Waals surface area contributed by atoms with Crippen molar-refractivity contribution in [3.8, 4) is 0 Å². The SMILES string of the molecule is Cn1c(C(C)(C)C)nc2c1CCC(C(=O)O)C2. The van der Waals surface area contributed by atoms with Crippen LogP contribution in [0.3, 0.4) is 0 Å². The molecule has 1 heterocycles. The number of aromatic nitrogens is 2. The lowest BCUT2D eigenvalue weighted by Gasteiger charge is -2.20. The number of carboxylic acid groups (broad SMARTS) is 1. The van der Waals surface area contributed by atoms with Gasteiger partial charge in [0.1, 0.15) is 5.82 Å². The van der Waals surface area contributed by atoms with E-state index in [2.05, 4.69) is 30.3 Å². The molecule has 0 spiro atoms. The van der Waals surface area contributed by atoms with Gasteiger partial charge in [0.25, 0.3) is 0 Å². The van der Waals surface area contributed by atoms with E-state index in [1.54, 1.807) is 0 Å². The molecule has 94 valence electrons. The first-order valence-electron chi connectivity index (χ1n) is 6.08. The number of hydrogen-bond donors (Lipinski definition) is 1. The normalized spacial score (nSPS) is 20.1. The van der Waals surface area contributed by atoms with Crippen LogP contribution >= 0.6 is 0 Å². The summed E-state index contributed by atoms with van der Waals surface area (Å²) in [5, 5.41) is 9.07. The molecule has 4 nitrogen and oxygen atoms in total. The number of aliphatic carboxylic acids is 1. The van der Waals surface area contributed by atoms with Crippen LogP contribution in [0.5, 0.6) is 0 Å². The largest absolute Gasteiger partial charge is 0.481 e. The summed E-state index contributed by atoms with van der Waals surface area (Å²) in [7, 11) is 2.04. The van der Waals surface area contributed by atoms with Crippen molar-refractivity contribution in [1.29, 1.82) is 0 Å². The van der Waals surface area contributed by atoms with E-state index in [-0.39, 0.29) is 11.3 Å². The third kappa shape index (κ3) is 2.08. The molecule has 0 fully saturated rings. The van der Waals surface area contributed by atoms with Crippen molar-refractivity contribution in [3.05, 3.63) is 17.2 Å². The minimum Gasteiger partial charge on any atom is -0.481 e. The lowest BCUT2D eigenvalue weighted by Crippen LogP contribution is -2.23. The molecule has 0 saturated heterocycles. The molecule has 1 aliphatic rings. The zero-order valence-corrected chi connectivity index (χ0v) is 10.9. The summed E-state index contributed by atoms with van der Waals surface area (Å²) in [4.78, 5) is 15.7. The maximum absolute atomic E-state index is 11.0. The Morgan fingerprint density at radius 1 is 1.47 bits per heavy atom. The number of nitrogens with zero attached hydrogens (tertiary/aromatic N) is 2. The smallest absolute Gasteiger partial charge is 0.306 e. The molecular formula is C13H20N2O2. The Bertz CT molecular complexity index is 455. The standard InChI is InChI=1S/C13H20N2O2/c1-13(2,3)12-14-9-7-8(11(16)17)5-6-10(9)15(12)4/h8H,5-7H2,1-4H3,(H,16,17). The molecule has 4 heteroatoms. The number of hydrogen-bond acceptors (Lipinski definition) is 2. The summed E-state index contributed by atoms with van der Waals surface area (Å²) >= 11 is 0. The zero-order chi connectivity index (χ0) is 12.8. The van der Waals surface area contributed by atoms with Crippen LogP contribution in [-0.4, -0.2) is 20.6 Å². The van der Waals surface area contributed by atoms with Crippen molar-refractivity contribution in [1.82, 2.24) is 9.55 Å². The molecule has 17 heavy (non-hydrogen) atoms. The molecular weight excluding hydrogens is 216 g/mol. The highest BCUT2D eigenvalue weighted by Gasteiger charge is 2.31. The lowest BCUT2D eigenvalue weighted by molar-refractivity contribution is -0.142. The van der Waals surface area contributed by atoms with E-state index in [1.807, 2.05) is 7.05 Å². The second-order valence-electron chi connectivity index (χ2n) is 5.92. The summed E-state index contributed by atoms with van der Waals surface area (Å²) in [5.74, 6) is 0.0948. The first-order chi connectivity index (χ1) is 7.80. The van der Waals surface area contributed by atoms with E-state index in [0.29, 0.717) is 6.42 Å². The molecule has 0 radical (unpaired) electrons. The second kappa shape index (κ2) is 3.86. The molecule has 1 aliphatic carbocycles. The van der Waals surface area contributed by atoms with Gasteiger partial charge in [-0.05, 0) is 12.8 Å². The van der Waals surface area contributed by atoms with Gasteiger partial charge in [-0.25, -0.2) is 4.98 Å². The van der Waals surface area contributed by atoms with Crippen molar-refractivity contribution < 1.29 is 9.90 Å². The van der Waals surface area contributed by atoms with Crippen LogP contribution in [0.15, 0.2) is 0 Å². The van der Waals surface area contributed by atoms with Crippen LogP contribution in [-0.2, 0) is 30.1 Å². The van der Waals surface area contributed by atoms with Crippen LogP contribution in [0.25, 0.3) is 0 Å². The molecule has 2 rings (SSSR count). The van der Waals surface area contributed by atoms with Gasteiger partial charge in [-0.3, -0.25) is 4.79 Å². The molecule has 0 saturated carbocycles. The molecule has 0 aliphatic heterocycles. The van der Waals surface area contributed by atoms with Crippen molar-refractivity contribution in [2.75, 3.05) is 0 Å². The van der Waals surface area contributed by atoms with E-state index in [4.69, 9.17) is 5.11 Å². The van der Waals surface area contributed by atoms with Gasteiger partial charge in [0, 0.05) is 24.6 Å². The molecule has 1 atom stereocenters. The number of carbonyl (C=O) groups is 1. The molecule has 1 aromatic rings. The molecule has 0 amide bonds. The fraction of sp³-hybridized carbons (Fsp3) is 0.692. The van der Waals surface area contributed by atoms with Gasteiger partial charge in [-0.1, -0.05) is 20.8 Å². The second-order valence-corrected chi connectivity index (χ2v) is 5.92. The zero-order valence-electron chi connectivity index (χ0n) is 10.9. The van der Waals surface area contributed by atoms with Crippen LogP contribution < -0.4 is 0 Å². The highest BCUT2D eigenvalue weighted by atomic mass is 16.4. The molecule has 1 aromatic heterocycles. The minimum atomic E-state index is -0.696. The van der Waals surface area contributed by atoms with E-state index in [0.717, 1.165) is 24.4 Å². The van der Waals surface area contributed by atoms with E-state index >= 15 is 0 Å². The highest BCUT2D eigenvalue weighted by Crippen LogP contribution is 2.30. The Kier molecular flexibility index (Phi) is 2.76. The van der Waals surface area contributed by atoms with Gasteiger partial charge in [-0.2, -0.15) is 0 Å². The molecule has 1 unspecified atom stereocenters. The first-order valence-corrected chi connectivity index (χ1v) is 6.08. The van der Waals surface area contributed by atoms with E-state index < -0.39 is 5.97 Å². The number of imidazole rings is 1. The Morgan fingerprint density at radius 3 is 2.65 bits per heavy atom. The average Bonchev–Trinajstić information content (AvgIpc) is 2.55. The van der Waals surface area contributed by atoms with Gasteiger partial charge < -0.3 is 9.67 Å². The summed E-state index contributed by atoms with van der Waals surface area (Å²) in [6.07, 6.45) is 2.13. The maximum Gasteiger partial charge on any atom is 0.306 e. The summed E-state index contributed by atoms with van der Waals surface area (Å²) in [6, 6.07) is 0. The van der Waals surface area contributed by atoms with Gasteiger partial charge in [0.05, 0.1) is 11.6 Å². The number of fused-ring (bicyclic) bond motifs is 1. The van der Waals surface area contributed by atoms with E-state index in [9.17, 15) is 4.79 Å². The summed E-state index contributed by atoms with van der Waals surface area (Å²) in [6.45, 7) is 6.40. The molecule has 0 aromatic carbocycles. The Balaban J connectivity index is 2.38. The summed E-state index contributed by atoms with van der Waals surface area (Å²) in [5.41, 5.74) is 2.20. The predicted molar refractivity (Wildman–Crippen MR) is 65.1 cm³/mol. The van der Waals surface area contributed by atoms with Crippen LogP contribution in [0.1, 0.15) is 44.4 Å². The Morgan fingerprint density at radius 2 is 2.12 bits per heavy atom. The van der Waals surface area contributed by atoms with Crippen LogP contribution in [0, 0.1) is 5.92 Å². The average molecular weight is 236 g/mol. The van der Waals surface area contributed by atoms with E-state index in [1.165, 1.54) is 5.69 Å². The van der Waals surface area contributed by atoms with Crippen molar-refractivity contribution in [2.24, 2.45) is 13.0 Å². The van der Waals surface area contributed by atoms with Crippen molar-refractivity contribution in [2.45, 2.75) is 45.4 Å². The number of rotatable bonds is 1. The van der Waals surface area contributed by atoms with Gasteiger partial charge in [-0.15, -0.1) is 0 Å². The van der Waals surface area contributed by atoms with Gasteiger partial charge >= 0.3 is 5.97 Å². The fourth-order valence-electron chi connectivity index (χ4n) is 2.59. The molecule has 0 bridgehead atoms. The minimum absolute atomic E-state index is 0.00477. The van der Waals surface area contributed by atoms with Crippen LogP contribution in [0.4, 0.5) is 0 Å². The Hall–Kier alpha value is -1.32. The van der Waals surface area contributed by atoms with Gasteiger partial charge in [0.15, 0.2) is 0 Å². The highest BCUT2D eigenvalue weighted by molar-refractivity contribution is 5.70. The first kappa shape index (κ1) is 12.1. The van der Waals surface area contributed by atoms with Crippen molar-refractivity contribution >= 4 is 5.97 Å². The maximum atomic E-state index is 11.0. The third-order valence-corrected chi connectivity index (χ3v) is 3.49. The monoisotopic (exact) mass is 236 g/mol.